The van der Waals surface area contributed by atoms with Crippen molar-refractivity contribution in [3.8, 4) is 5.75 Å². The predicted molar refractivity (Wildman–Crippen MR) is 70.8 cm³/mol. The van der Waals surface area contributed by atoms with Gasteiger partial charge in [0.15, 0.2) is 12.2 Å². The molecule has 0 heterocycles. The third-order valence-electron chi connectivity index (χ3n) is 2.40. The fourth-order valence-corrected chi connectivity index (χ4v) is 1.39. The van der Waals surface area contributed by atoms with E-state index in [0.29, 0.717) is 12.3 Å². The lowest BCUT2D eigenvalue weighted by molar-refractivity contribution is -0.160. The number of rotatable bonds is 6. The Kier molecular flexibility index (Phi) is 5.85. The summed E-state index contributed by atoms with van der Waals surface area (Å²) in [4.78, 5) is 23.2. The summed E-state index contributed by atoms with van der Waals surface area (Å²) >= 11 is 0. The summed E-state index contributed by atoms with van der Waals surface area (Å²) in [6.45, 7) is 5.41. The molecule has 0 saturated carbocycles. The van der Waals surface area contributed by atoms with Crippen LogP contribution in [-0.4, -0.2) is 30.6 Å². The molecule has 0 saturated heterocycles. The van der Waals surface area contributed by atoms with Crippen LogP contribution in [0.4, 0.5) is 0 Å². The molecule has 0 bridgehead atoms. The fourth-order valence-electron chi connectivity index (χ4n) is 1.39. The Balaban J connectivity index is 2.47. The lowest BCUT2D eigenvalue weighted by Gasteiger charge is -2.17. The number of esters is 1. The van der Waals surface area contributed by atoms with E-state index in [1.807, 2.05) is 18.2 Å². The van der Waals surface area contributed by atoms with Crippen LogP contribution < -0.4 is 10.1 Å². The first-order valence-electron chi connectivity index (χ1n) is 6.24. The minimum Gasteiger partial charge on any atom is -0.479 e. The van der Waals surface area contributed by atoms with E-state index in [1.165, 1.54) is 6.92 Å². The molecule has 2 atom stereocenters. The summed E-state index contributed by atoms with van der Waals surface area (Å²) in [5, 5.41) is 2.58. The van der Waals surface area contributed by atoms with Crippen LogP contribution >= 0.6 is 0 Å². The first-order chi connectivity index (χ1) is 9.04. The number of nitrogens with one attached hydrogen (secondary N) is 1. The lowest BCUT2D eigenvalue weighted by atomic mass is 10.3. The molecule has 0 unspecified atom stereocenters. The SMILES string of the molecule is CCNC(=O)[C@@H](C)OC(=O)[C@@H](C)Oc1ccccc1. The average molecular weight is 265 g/mol. The molecule has 1 rings (SSSR count). The summed E-state index contributed by atoms with van der Waals surface area (Å²) in [5.41, 5.74) is 0. The highest BCUT2D eigenvalue weighted by Crippen LogP contribution is 2.11. The first-order valence-corrected chi connectivity index (χ1v) is 6.24. The molecular formula is C14H19NO4. The zero-order valence-corrected chi connectivity index (χ0v) is 11.4. The maximum absolute atomic E-state index is 11.7. The molecular weight excluding hydrogens is 246 g/mol. The monoisotopic (exact) mass is 265 g/mol. The average Bonchev–Trinajstić information content (AvgIpc) is 2.40. The van der Waals surface area contributed by atoms with Crippen LogP contribution in [0.15, 0.2) is 30.3 Å². The van der Waals surface area contributed by atoms with Gasteiger partial charge in [0.2, 0.25) is 0 Å². The van der Waals surface area contributed by atoms with Crippen LogP contribution in [0, 0.1) is 0 Å². The van der Waals surface area contributed by atoms with Gasteiger partial charge in [-0.25, -0.2) is 4.79 Å². The Morgan fingerprint density at radius 1 is 1.16 bits per heavy atom. The number of ether oxygens (including phenoxy) is 2. The molecule has 104 valence electrons. The fraction of sp³-hybridized carbons (Fsp3) is 0.429. The Morgan fingerprint density at radius 2 is 1.79 bits per heavy atom. The van der Waals surface area contributed by atoms with Crippen LogP contribution in [0.3, 0.4) is 0 Å². The third-order valence-corrected chi connectivity index (χ3v) is 2.40. The zero-order chi connectivity index (χ0) is 14.3. The largest absolute Gasteiger partial charge is 0.479 e. The van der Waals surface area contributed by atoms with Gasteiger partial charge >= 0.3 is 5.97 Å². The molecule has 0 fully saturated rings. The Labute approximate surface area is 112 Å². The number of hydrogen-bond acceptors (Lipinski definition) is 4. The molecule has 1 N–H and O–H groups in total. The molecule has 5 heteroatoms. The standard InChI is InChI=1S/C14H19NO4/c1-4-15-13(16)10(2)19-14(17)11(3)18-12-8-6-5-7-9-12/h5-11H,4H2,1-3H3,(H,15,16)/t10-,11-/m1/s1. The summed E-state index contributed by atoms with van der Waals surface area (Å²) in [7, 11) is 0. The summed E-state index contributed by atoms with van der Waals surface area (Å²) in [5.74, 6) is -0.303. The quantitative estimate of drug-likeness (QED) is 0.792. The minimum absolute atomic E-state index is 0.317. The van der Waals surface area contributed by atoms with E-state index in [-0.39, 0.29) is 5.91 Å². The number of likely N-dealkylation sites (N-methyl/N-ethyl adjacent to an activating group) is 1. The van der Waals surface area contributed by atoms with Gasteiger partial charge < -0.3 is 14.8 Å². The molecule has 1 aromatic rings. The topological polar surface area (TPSA) is 64.6 Å². The van der Waals surface area contributed by atoms with Gasteiger partial charge in [0, 0.05) is 6.54 Å². The summed E-state index contributed by atoms with van der Waals surface area (Å²) < 4.78 is 10.4. The number of amides is 1. The van der Waals surface area contributed by atoms with Gasteiger partial charge in [0.1, 0.15) is 5.75 Å². The van der Waals surface area contributed by atoms with Crippen molar-refractivity contribution < 1.29 is 19.1 Å². The van der Waals surface area contributed by atoms with Gasteiger partial charge in [-0.2, -0.15) is 0 Å². The van der Waals surface area contributed by atoms with E-state index in [9.17, 15) is 9.59 Å². The van der Waals surface area contributed by atoms with Crippen molar-refractivity contribution in [2.75, 3.05) is 6.54 Å². The molecule has 0 spiro atoms. The second kappa shape index (κ2) is 7.41. The van der Waals surface area contributed by atoms with Crippen molar-refractivity contribution in [2.24, 2.45) is 0 Å². The van der Waals surface area contributed by atoms with E-state index >= 15 is 0 Å². The van der Waals surface area contributed by atoms with Crippen LogP contribution in [0.1, 0.15) is 20.8 Å². The maximum atomic E-state index is 11.7. The molecule has 19 heavy (non-hydrogen) atoms. The molecule has 0 aromatic heterocycles. The molecule has 1 aromatic carbocycles. The number of carbonyl (C=O) groups is 2. The normalized spacial score (nSPS) is 13.2. The Bertz CT molecular complexity index is 419. The molecule has 0 aliphatic carbocycles. The molecule has 0 aliphatic heterocycles. The van der Waals surface area contributed by atoms with E-state index in [0.717, 1.165) is 0 Å². The molecule has 5 nitrogen and oxygen atoms in total. The van der Waals surface area contributed by atoms with Crippen LogP contribution in [0.2, 0.25) is 0 Å². The van der Waals surface area contributed by atoms with Gasteiger partial charge in [0.05, 0.1) is 0 Å². The van der Waals surface area contributed by atoms with Crippen LogP contribution in [-0.2, 0) is 14.3 Å². The summed E-state index contributed by atoms with van der Waals surface area (Å²) in [6.07, 6.45) is -1.59. The number of carbonyl (C=O) groups excluding carboxylic acids is 2. The van der Waals surface area contributed by atoms with Crippen molar-refractivity contribution in [3.63, 3.8) is 0 Å². The van der Waals surface area contributed by atoms with Crippen molar-refractivity contribution in [1.82, 2.24) is 5.32 Å². The second-order valence-electron chi connectivity index (χ2n) is 4.05. The third kappa shape index (κ3) is 4.99. The number of hydrogen-bond donors (Lipinski definition) is 1. The minimum atomic E-state index is -0.825. The molecule has 1 amide bonds. The second-order valence-corrected chi connectivity index (χ2v) is 4.05. The molecule has 0 radical (unpaired) electrons. The van der Waals surface area contributed by atoms with Crippen molar-refractivity contribution in [2.45, 2.75) is 33.0 Å². The Hall–Kier alpha value is -2.04. The molecule has 0 aliphatic rings. The number of para-hydroxylation sites is 1. The van der Waals surface area contributed by atoms with Gasteiger partial charge in [-0.15, -0.1) is 0 Å². The highest BCUT2D eigenvalue weighted by molar-refractivity contribution is 5.84. The van der Waals surface area contributed by atoms with Crippen molar-refractivity contribution >= 4 is 11.9 Å². The van der Waals surface area contributed by atoms with E-state index < -0.39 is 18.2 Å². The van der Waals surface area contributed by atoms with Crippen molar-refractivity contribution in [1.29, 1.82) is 0 Å². The van der Waals surface area contributed by atoms with E-state index in [4.69, 9.17) is 9.47 Å². The van der Waals surface area contributed by atoms with E-state index in [1.54, 1.807) is 26.0 Å². The highest BCUT2D eigenvalue weighted by atomic mass is 16.6. The first kappa shape index (κ1) is 15.0. The summed E-state index contributed by atoms with van der Waals surface area (Å²) in [6, 6.07) is 8.97. The van der Waals surface area contributed by atoms with Gasteiger partial charge in [-0.1, -0.05) is 18.2 Å². The van der Waals surface area contributed by atoms with Crippen molar-refractivity contribution in [3.05, 3.63) is 30.3 Å². The van der Waals surface area contributed by atoms with Crippen LogP contribution in [0.25, 0.3) is 0 Å². The zero-order valence-electron chi connectivity index (χ0n) is 11.4. The van der Waals surface area contributed by atoms with Gasteiger partial charge in [0.25, 0.3) is 5.91 Å². The highest BCUT2D eigenvalue weighted by Gasteiger charge is 2.22. The maximum Gasteiger partial charge on any atom is 0.347 e. The smallest absolute Gasteiger partial charge is 0.347 e. The van der Waals surface area contributed by atoms with E-state index in [2.05, 4.69) is 5.32 Å². The van der Waals surface area contributed by atoms with Gasteiger partial charge in [-0.3, -0.25) is 4.79 Å². The predicted octanol–water partition coefficient (Wildman–Crippen LogP) is 1.52. The van der Waals surface area contributed by atoms with Gasteiger partial charge in [-0.05, 0) is 32.9 Å². The lowest BCUT2D eigenvalue weighted by Crippen LogP contribution is -2.38. The Morgan fingerprint density at radius 3 is 2.37 bits per heavy atom. The number of benzene rings is 1. The van der Waals surface area contributed by atoms with Crippen LogP contribution in [0.5, 0.6) is 5.75 Å².